The lowest BCUT2D eigenvalue weighted by molar-refractivity contribution is -0.143. The normalized spacial score (nSPS) is 20.8. The molecule has 0 unspecified atom stereocenters. The zero-order chi connectivity index (χ0) is 16.3. The maximum Gasteiger partial charge on any atom is 0.239 e. The summed E-state index contributed by atoms with van der Waals surface area (Å²) in [6.45, 7) is 10.1. The fourth-order valence-electron chi connectivity index (χ4n) is 2.73. The molecule has 22 heavy (non-hydrogen) atoms. The van der Waals surface area contributed by atoms with Crippen molar-refractivity contribution in [1.29, 1.82) is 0 Å². The molecule has 2 rings (SSSR count). The first-order valence-corrected chi connectivity index (χ1v) is 7.83. The second-order valence-corrected chi connectivity index (χ2v) is 6.98. The number of nitrogens with one attached hydrogen (secondary N) is 1. The lowest BCUT2D eigenvalue weighted by atomic mass is 9.94. The Labute approximate surface area is 131 Å². The number of nitrogens with zero attached hydrogens (tertiary/aromatic N) is 3. The van der Waals surface area contributed by atoms with Crippen LogP contribution in [0.15, 0.2) is 0 Å². The molecule has 2 aliphatic rings. The number of carbonyl (C=O) groups excluding carboxylic acids is 3. The van der Waals surface area contributed by atoms with Crippen LogP contribution in [0.5, 0.6) is 0 Å². The molecule has 2 saturated heterocycles. The van der Waals surface area contributed by atoms with Gasteiger partial charge in [0, 0.05) is 44.7 Å². The van der Waals surface area contributed by atoms with Crippen LogP contribution in [0.2, 0.25) is 0 Å². The molecule has 2 heterocycles. The van der Waals surface area contributed by atoms with Gasteiger partial charge in [-0.3, -0.25) is 19.3 Å². The summed E-state index contributed by atoms with van der Waals surface area (Å²) >= 11 is 0. The van der Waals surface area contributed by atoms with Gasteiger partial charge in [0.25, 0.3) is 0 Å². The largest absolute Gasteiger partial charge is 0.353 e. The average Bonchev–Trinajstić information content (AvgIpc) is 2.46. The van der Waals surface area contributed by atoms with E-state index in [1.54, 1.807) is 4.90 Å². The average molecular weight is 310 g/mol. The van der Waals surface area contributed by atoms with E-state index in [9.17, 15) is 14.4 Å². The molecule has 0 bridgehead atoms. The smallest absolute Gasteiger partial charge is 0.239 e. The van der Waals surface area contributed by atoms with Gasteiger partial charge in [0.2, 0.25) is 17.7 Å². The van der Waals surface area contributed by atoms with Crippen LogP contribution in [0, 0.1) is 5.41 Å². The van der Waals surface area contributed by atoms with Crippen LogP contribution < -0.4 is 5.32 Å². The number of hydrogen-bond donors (Lipinski definition) is 1. The quantitative estimate of drug-likeness (QED) is 0.720. The van der Waals surface area contributed by atoms with Gasteiger partial charge in [-0.1, -0.05) is 20.8 Å². The van der Waals surface area contributed by atoms with Gasteiger partial charge in [-0.05, 0) is 0 Å². The summed E-state index contributed by atoms with van der Waals surface area (Å²) in [6.07, 6.45) is 0. The van der Waals surface area contributed by atoms with Gasteiger partial charge in [-0.15, -0.1) is 0 Å². The summed E-state index contributed by atoms with van der Waals surface area (Å²) in [5.41, 5.74) is -0.362. The fraction of sp³-hybridized carbons (Fsp3) is 0.800. The van der Waals surface area contributed by atoms with E-state index in [0.717, 1.165) is 0 Å². The highest BCUT2D eigenvalue weighted by molar-refractivity contribution is 5.86. The molecular weight excluding hydrogens is 284 g/mol. The first-order chi connectivity index (χ1) is 10.3. The summed E-state index contributed by atoms with van der Waals surface area (Å²) in [5, 5.41) is 2.71. The van der Waals surface area contributed by atoms with Crippen molar-refractivity contribution < 1.29 is 14.4 Å². The van der Waals surface area contributed by atoms with Crippen molar-refractivity contribution in [2.24, 2.45) is 5.41 Å². The molecular formula is C15H26N4O3. The molecule has 3 amide bonds. The van der Waals surface area contributed by atoms with E-state index in [1.165, 1.54) is 0 Å². The minimum absolute atomic E-state index is 0.00884. The van der Waals surface area contributed by atoms with Gasteiger partial charge < -0.3 is 15.1 Å². The summed E-state index contributed by atoms with van der Waals surface area (Å²) in [6, 6.07) is 0. The molecule has 2 aliphatic heterocycles. The van der Waals surface area contributed by atoms with Crippen LogP contribution >= 0.6 is 0 Å². The molecule has 0 spiro atoms. The van der Waals surface area contributed by atoms with E-state index < -0.39 is 0 Å². The maximum absolute atomic E-state index is 12.2. The highest BCUT2D eigenvalue weighted by Crippen LogP contribution is 2.18. The molecule has 124 valence electrons. The number of rotatable bonds is 2. The Morgan fingerprint density at radius 1 is 1.05 bits per heavy atom. The van der Waals surface area contributed by atoms with E-state index in [2.05, 4.69) is 10.2 Å². The summed E-state index contributed by atoms with van der Waals surface area (Å²) in [5.74, 6) is 0.0526. The lowest BCUT2D eigenvalue weighted by Gasteiger charge is -2.38. The van der Waals surface area contributed by atoms with Gasteiger partial charge in [0.15, 0.2) is 0 Å². The second-order valence-electron chi connectivity index (χ2n) is 6.98. The highest BCUT2D eigenvalue weighted by Gasteiger charge is 2.30. The maximum atomic E-state index is 12.2. The summed E-state index contributed by atoms with van der Waals surface area (Å²) in [4.78, 5) is 41.3. The van der Waals surface area contributed by atoms with Crippen LogP contribution in [0.3, 0.4) is 0 Å². The van der Waals surface area contributed by atoms with Crippen molar-refractivity contribution >= 4 is 17.7 Å². The minimum atomic E-state index is -0.362. The molecule has 0 radical (unpaired) electrons. The monoisotopic (exact) mass is 310 g/mol. The highest BCUT2D eigenvalue weighted by atomic mass is 16.2. The van der Waals surface area contributed by atoms with Gasteiger partial charge in [-0.2, -0.15) is 0 Å². The Morgan fingerprint density at radius 2 is 1.68 bits per heavy atom. The molecule has 0 aromatic carbocycles. The van der Waals surface area contributed by atoms with E-state index in [0.29, 0.717) is 45.8 Å². The van der Waals surface area contributed by atoms with Crippen molar-refractivity contribution in [3.8, 4) is 0 Å². The molecule has 0 aromatic rings. The summed E-state index contributed by atoms with van der Waals surface area (Å²) in [7, 11) is 0. The lowest BCUT2D eigenvalue weighted by Crippen LogP contribution is -2.56. The van der Waals surface area contributed by atoms with Gasteiger partial charge >= 0.3 is 0 Å². The minimum Gasteiger partial charge on any atom is -0.353 e. The van der Waals surface area contributed by atoms with Crippen LogP contribution in [0.25, 0.3) is 0 Å². The first kappa shape index (κ1) is 16.7. The molecule has 2 fully saturated rings. The number of hydrogen-bond acceptors (Lipinski definition) is 4. The Hall–Kier alpha value is -1.63. The molecule has 0 atom stereocenters. The third-order valence-corrected chi connectivity index (χ3v) is 4.05. The molecule has 0 aliphatic carbocycles. The van der Waals surface area contributed by atoms with E-state index in [4.69, 9.17) is 0 Å². The van der Waals surface area contributed by atoms with Crippen molar-refractivity contribution in [2.75, 3.05) is 52.4 Å². The van der Waals surface area contributed by atoms with Gasteiger partial charge in [0.05, 0.1) is 13.1 Å². The van der Waals surface area contributed by atoms with Crippen molar-refractivity contribution in [1.82, 2.24) is 20.0 Å². The predicted octanol–water partition coefficient (Wildman–Crippen LogP) is -0.865. The Morgan fingerprint density at radius 3 is 2.23 bits per heavy atom. The van der Waals surface area contributed by atoms with E-state index >= 15 is 0 Å². The molecule has 7 nitrogen and oxygen atoms in total. The fourth-order valence-corrected chi connectivity index (χ4v) is 2.73. The topological polar surface area (TPSA) is 73.0 Å². The van der Waals surface area contributed by atoms with Crippen molar-refractivity contribution in [3.05, 3.63) is 0 Å². The van der Waals surface area contributed by atoms with Crippen molar-refractivity contribution in [3.63, 3.8) is 0 Å². The molecule has 0 saturated carbocycles. The SMILES string of the molecule is CC(C)(C)C(=O)N1CCN(CC(=O)N2CCNC(=O)C2)CC1. The third kappa shape index (κ3) is 4.19. The van der Waals surface area contributed by atoms with E-state index in [-0.39, 0.29) is 29.7 Å². The third-order valence-electron chi connectivity index (χ3n) is 4.05. The Balaban J connectivity index is 1.79. The number of piperazine rings is 2. The van der Waals surface area contributed by atoms with Crippen LogP contribution in [0.1, 0.15) is 20.8 Å². The van der Waals surface area contributed by atoms with Gasteiger partial charge in [0.1, 0.15) is 0 Å². The van der Waals surface area contributed by atoms with Crippen molar-refractivity contribution in [2.45, 2.75) is 20.8 Å². The zero-order valence-corrected chi connectivity index (χ0v) is 13.7. The van der Waals surface area contributed by atoms with Gasteiger partial charge in [-0.25, -0.2) is 0 Å². The second kappa shape index (κ2) is 6.64. The number of amides is 3. The molecule has 1 N–H and O–H groups in total. The molecule has 7 heteroatoms. The Bertz CT molecular complexity index is 450. The zero-order valence-electron chi connectivity index (χ0n) is 13.7. The number of carbonyl (C=O) groups is 3. The molecule has 0 aromatic heterocycles. The standard InChI is InChI=1S/C15H26N4O3/c1-15(2,3)14(22)18-8-6-17(7-9-18)11-13(21)19-5-4-16-12(20)10-19/h4-11H2,1-3H3,(H,16,20). The summed E-state index contributed by atoms with van der Waals surface area (Å²) < 4.78 is 0. The Kier molecular flexibility index (Phi) is 5.05. The van der Waals surface area contributed by atoms with Crippen LogP contribution in [-0.4, -0.2) is 84.8 Å². The predicted molar refractivity (Wildman–Crippen MR) is 82.1 cm³/mol. The van der Waals surface area contributed by atoms with E-state index in [1.807, 2.05) is 25.7 Å². The van der Waals surface area contributed by atoms with Crippen LogP contribution in [-0.2, 0) is 14.4 Å². The van der Waals surface area contributed by atoms with Crippen LogP contribution in [0.4, 0.5) is 0 Å². The first-order valence-electron chi connectivity index (χ1n) is 7.83.